The highest BCUT2D eigenvalue weighted by atomic mass is 16.1. The molecule has 0 aliphatic carbocycles. The number of hydrogen-bond acceptors (Lipinski definition) is 4. The van der Waals surface area contributed by atoms with E-state index in [0.29, 0.717) is 17.9 Å². The van der Waals surface area contributed by atoms with Crippen LogP contribution in [0.15, 0.2) is 54.6 Å². The lowest BCUT2D eigenvalue weighted by Crippen LogP contribution is -2.05. The molecule has 0 N–H and O–H groups in total. The van der Waals surface area contributed by atoms with Crippen molar-refractivity contribution in [3.05, 3.63) is 65.7 Å². The topological polar surface area (TPSA) is 60.7 Å². The first kappa shape index (κ1) is 12.2. The Kier molecular flexibility index (Phi) is 3.33. The molecule has 5 nitrogen and oxygen atoms in total. The van der Waals surface area contributed by atoms with E-state index in [2.05, 4.69) is 15.5 Å². The van der Waals surface area contributed by atoms with Gasteiger partial charge in [-0.2, -0.15) is 0 Å². The first-order valence-electron chi connectivity index (χ1n) is 6.23. The minimum atomic E-state index is 0.566. The molecule has 0 spiro atoms. The zero-order chi connectivity index (χ0) is 13.8. The van der Waals surface area contributed by atoms with Crippen molar-refractivity contribution in [3.63, 3.8) is 0 Å². The molecule has 2 aromatic carbocycles. The maximum absolute atomic E-state index is 11.1. The van der Waals surface area contributed by atoms with Gasteiger partial charge in [0.05, 0.1) is 6.54 Å². The highest BCUT2D eigenvalue weighted by Crippen LogP contribution is 2.20. The average Bonchev–Trinajstić information content (AvgIpc) is 2.96. The molecule has 1 aromatic heterocycles. The fraction of sp³-hybridized carbons (Fsp3) is 0.0667. The summed E-state index contributed by atoms with van der Waals surface area (Å²) in [6.45, 7) is 0.566. The van der Waals surface area contributed by atoms with E-state index in [4.69, 9.17) is 0 Å². The molecule has 0 aliphatic rings. The van der Waals surface area contributed by atoms with E-state index >= 15 is 0 Å². The molecule has 0 atom stereocenters. The van der Waals surface area contributed by atoms with Crippen molar-refractivity contribution in [2.75, 3.05) is 0 Å². The zero-order valence-corrected chi connectivity index (χ0v) is 10.7. The minimum absolute atomic E-state index is 0.566. The number of tetrazole rings is 1. The Balaban J connectivity index is 2.00. The Labute approximate surface area is 115 Å². The third-order valence-electron chi connectivity index (χ3n) is 3.04. The SMILES string of the molecule is O=Cc1ccccc1-c1nnnn1Cc1ccccc1. The molecule has 1 heterocycles. The second-order valence-electron chi connectivity index (χ2n) is 4.35. The van der Waals surface area contributed by atoms with Crippen LogP contribution in [0.25, 0.3) is 11.4 Å². The van der Waals surface area contributed by atoms with E-state index in [1.54, 1.807) is 10.7 Å². The quantitative estimate of drug-likeness (QED) is 0.678. The van der Waals surface area contributed by atoms with Gasteiger partial charge >= 0.3 is 0 Å². The van der Waals surface area contributed by atoms with Gasteiger partial charge in [0.1, 0.15) is 0 Å². The van der Waals surface area contributed by atoms with Crippen molar-refractivity contribution < 1.29 is 4.79 Å². The van der Waals surface area contributed by atoms with Gasteiger partial charge in [0.15, 0.2) is 12.1 Å². The van der Waals surface area contributed by atoms with Gasteiger partial charge in [0, 0.05) is 11.1 Å². The molecule has 0 saturated carbocycles. The Bertz CT molecular complexity index is 722. The summed E-state index contributed by atoms with van der Waals surface area (Å²) in [5.41, 5.74) is 2.42. The number of nitrogens with zero attached hydrogens (tertiary/aromatic N) is 4. The second-order valence-corrected chi connectivity index (χ2v) is 4.35. The Hall–Kier alpha value is -2.82. The van der Waals surface area contributed by atoms with Crippen LogP contribution in [0.3, 0.4) is 0 Å². The van der Waals surface area contributed by atoms with Gasteiger partial charge in [-0.3, -0.25) is 4.79 Å². The van der Waals surface area contributed by atoms with E-state index in [9.17, 15) is 4.79 Å². The van der Waals surface area contributed by atoms with E-state index in [-0.39, 0.29) is 0 Å². The van der Waals surface area contributed by atoms with Gasteiger partial charge < -0.3 is 0 Å². The summed E-state index contributed by atoms with van der Waals surface area (Å²) in [6.07, 6.45) is 0.816. The van der Waals surface area contributed by atoms with Gasteiger partial charge in [0.25, 0.3) is 0 Å². The molecular weight excluding hydrogens is 252 g/mol. The van der Waals surface area contributed by atoms with Crippen molar-refractivity contribution >= 4 is 6.29 Å². The number of aromatic nitrogens is 4. The minimum Gasteiger partial charge on any atom is -0.298 e. The van der Waals surface area contributed by atoms with E-state index in [1.807, 2.05) is 48.5 Å². The summed E-state index contributed by atoms with van der Waals surface area (Å²) < 4.78 is 1.69. The maximum Gasteiger partial charge on any atom is 0.183 e. The molecule has 20 heavy (non-hydrogen) atoms. The highest BCUT2D eigenvalue weighted by molar-refractivity contribution is 5.85. The normalized spacial score (nSPS) is 10.4. The van der Waals surface area contributed by atoms with Gasteiger partial charge in [0.2, 0.25) is 0 Å². The number of carbonyl (C=O) groups excluding carboxylic acids is 1. The summed E-state index contributed by atoms with van der Waals surface area (Å²) >= 11 is 0. The van der Waals surface area contributed by atoms with E-state index < -0.39 is 0 Å². The number of aldehydes is 1. The zero-order valence-electron chi connectivity index (χ0n) is 10.7. The van der Waals surface area contributed by atoms with Crippen molar-refractivity contribution in [1.29, 1.82) is 0 Å². The summed E-state index contributed by atoms with van der Waals surface area (Å²) in [5, 5.41) is 11.8. The van der Waals surface area contributed by atoms with Gasteiger partial charge in [-0.1, -0.05) is 54.6 Å². The standard InChI is InChI=1S/C15H12N4O/c20-11-13-8-4-5-9-14(13)15-16-17-18-19(15)10-12-6-2-1-3-7-12/h1-9,11H,10H2. The van der Waals surface area contributed by atoms with Crippen molar-refractivity contribution in [1.82, 2.24) is 20.2 Å². The lowest BCUT2D eigenvalue weighted by Gasteiger charge is -2.06. The molecular formula is C15H12N4O. The summed E-state index contributed by atoms with van der Waals surface area (Å²) in [6, 6.07) is 17.2. The number of rotatable bonds is 4. The lowest BCUT2D eigenvalue weighted by atomic mass is 10.1. The maximum atomic E-state index is 11.1. The molecule has 3 aromatic rings. The number of benzene rings is 2. The van der Waals surface area contributed by atoms with Crippen molar-refractivity contribution in [3.8, 4) is 11.4 Å². The first-order chi connectivity index (χ1) is 9.88. The van der Waals surface area contributed by atoms with Crippen molar-refractivity contribution in [2.24, 2.45) is 0 Å². The molecule has 0 amide bonds. The fourth-order valence-corrected chi connectivity index (χ4v) is 2.06. The molecule has 5 heteroatoms. The Morgan fingerprint density at radius 3 is 2.55 bits per heavy atom. The summed E-state index contributed by atoms with van der Waals surface area (Å²) in [5.74, 6) is 0.594. The average molecular weight is 264 g/mol. The van der Waals surface area contributed by atoms with Crippen LogP contribution in [0.1, 0.15) is 15.9 Å². The van der Waals surface area contributed by atoms with Crippen LogP contribution in [0.4, 0.5) is 0 Å². The predicted octanol–water partition coefficient (Wildman–Crippen LogP) is 2.20. The molecule has 3 rings (SSSR count). The molecule has 0 unspecified atom stereocenters. The van der Waals surface area contributed by atoms with Crippen LogP contribution >= 0.6 is 0 Å². The van der Waals surface area contributed by atoms with E-state index in [1.165, 1.54) is 0 Å². The highest BCUT2D eigenvalue weighted by Gasteiger charge is 2.12. The van der Waals surface area contributed by atoms with Crippen LogP contribution in [0.2, 0.25) is 0 Å². The number of hydrogen-bond donors (Lipinski definition) is 0. The van der Waals surface area contributed by atoms with Gasteiger partial charge in [-0.25, -0.2) is 4.68 Å². The monoisotopic (exact) mass is 264 g/mol. The molecule has 0 fully saturated rings. The Morgan fingerprint density at radius 1 is 1.00 bits per heavy atom. The lowest BCUT2D eigenvalue weighted by molar-refractivity contribution is 0.112. The van der Waals surface area contributed by atoms with Crippen LogP contribution in [0.5, 0.6) is 0 Å². The predicted molar refractivity (Wildman–Crippen MR) is 74.2 cm³/mol. The molecule has 0 aliphatic heterocycles. The summed E-state index contributed by atoms with van der Waals surface area (Å²) in [4.78, 5) is 11.1. The largest absolute Gasteiger partial charge is 0.298 e. The Morgan fingerprint density at radius 2 is 1.75 bits per heavy atom. The molecule has 0 saturated heterocycles. The molecule has 98 valence electrons. The second kappa shape index (κ2) is 5.44. The molecule has 0 bridgehead atoms. The van der Waals surface area contributed by atoms with Crippen molar-refractivity contribution in [2.45, 2.75) is 6.54 Å². The van der Waals surface area contributed by atoms with Crippen LogP contribution in [-0.2, 0) is 6.54 Å². The van der Waals surface area contributed by atoms with Crippen LogP contribution < -0.4 is 0 Å². The first-order valence-corrected chi connectivity index (χ1v) is 6.23. The van der Waals surface area contributed by atoms with Crippen LogP contribution in [0, 0.1) is 0 Å². The summed E-state index contributed by atoms with van der Waals surface area (Å²) in [7, 11) is 0. The smallest absolute Gasteiger partial charge is 0.183 e. The van der Waals surface area contributed by atoms with E-state index in [0.717, 1.165) is 17.4 Å². The van der Waals surface area contributed by atoms with Gasteiger partial charge in [-0.15, -0.1) is 5.10 Å². The number of carbonyl (C=O) groups is 1. The third-order valence-corrected chi connectivity index (χ3v) is 3.04. The molecule has 0 radical (unpaired) electrons. The van der Waals surface area contributed by atoms with Crippen LogP contribution in [-0.4, -0.2) is 26.5 Å². The third kappa shape index (κ3) is 2.33. The van der Waals surface area contributed by atoms with Gasteiger partial charge in [-0.05, 0) is 16.0 Å². The fourth-order valence-electron chi connectivity index (χ4n) is 2.06.